The molecule has 1 heterocycles. The first-order chi connectivity index (χ1) is 14.8. The first-order valence-corrected chi connectivity index (χ1v) is 10.1. The second kappa shape index (κ2) is 9.88. The second-order valence-corrected chi connectivity index (χ2v) is 7.60. The number of hydrogen-bond donors (Lipinski definition) is 3. The lowest BCUT2D eigenvalue weighted by atomic mass is 9.99. The van der Waals surface area contributed by atoms with Gasteiger partial charge in [0, 0.05) is 30.3 Å². The van der Waals surface area contributed by atoms with Gasteiger partial charge < -0.3 is 20.7 Å². The summed E-state index contributed by atoms with van der Waals surface area (Å²) in [6, 6.07) is 11.4. The molecule has 0 aromatic heterocycles. The number of hydrogen-bond acceptors (Lipinski definition) is 5. The van der Waals surface area contributed by atoms with E-state index in [0.29, 0.717) is 36.2 Å². The number of amides is 3. The number of urea groups is 1. The van der Waals surface area contributed by atoms with Crippen molar-refractivity contribution in [3.63, 3.8) is 0 Å². The van der Waals surface area contributed by atoms with Crippen LogP contribution in [0.2, 0.25) is 0 Å². The monoisotopic (exact) mass is 423 g/mol. The highest BCUT2D eigenvalue weighted by Gasteiger charge is 2.18. The third-order valence-electron chi connectivity index (χ3n) is 4.72. The Morgan fingerprint density at radius 3 is 2.45 bits per heavy atom. The van der Waals surface area contributed by atoms with Gasteiger partial charge in [0.15, 0.2) is 12.4 Å². The maximum absolute atomic E-state index is 12.4. The number of Topliss-reactive ketones (excluding diaryl/α,β-unsaturated/α-hetero) is 1. The summed E-state index contributed by atoms with van der Waals surface area (Å²) < 4.78 is 5.15. The van der Waals surface area contributed by atoms with Crippen molar-refractivity contribution >= 4 is 29.4 Å². The van der Waals surface area contributed by atoms with Crippen molar-refractivity contribution in [2.45, 2.75) is 39.3 Å². The third kappa shape index (κ3) is 6.15. The number of fused-ring (bicyclic) bond motifs is 1. The fourth-order valence-corrected chi connectivity index (χ4v) is 3.11. The van der Waals surface area contributed by atoms with E-state index in [9.17, 15) is 19.2 Å². The van der Waals surface area contributed by atoms with E-state index >= 15 is 0 Å². The molecule has 2 aromatic rings. The van der Waals surface area contributed by atoms with Crippen LogP contribution in [0.25, 0.3) is 0 Å². The lowest BCUT2D eigenvalue weighted by Crippen LogP contribution is -2.39. The van der Waals surface area contributed by atoms with Gasteiger partial charge in [0.25, 0.3) is 0 Å². The van der Waals surface area contributed by atoms with Gasteiger partial charge in [0.2, 0.25) is 5.91 Å². The molecule has 0 saturated heterocycles. The number of aryl methyl sites for hydroxylation is 1. The number of ether oxygens (including phenoxy) is 1. The van der Waals surface area contributed by atoms with Crippen LogP contribution in [0.5, 0.6) is 0 Å². The SMILES string of the molecule is CC(C)NC(=O)NCc1ccc(C(=O)OCC(=O)c2ccc3c(c2)CCC(=O)N3)cc1. The zero-order valence-electron chi connectivity index (χ0n) is 17.5. The van der Waals surface area contributed by atoms with Crippen LogP contribution < -0.4 is 16.0 Å². The van der Waals surface area contributed by atoms with Crippen molar-refractivity contribution in [1.82, 2.24) is 10.6 Å². The molecule has 3 N–H and O–H groups in total. The Morgan fingerprint density at radius 2 is 1.74 bits per heavy atom. The van der Waals surface area contributed by atoms with E-state index in [4.69, 9.17) is 4.74 Å². The molecular weight excluding hydrogens is 398 g/mol. The molecule has 1 aliphatic heterocycles. The normalized spacial score (nSPS) is 12.5. The molecule has 0 saturated carbocycles. The quantitative estimate of drug-likeness (QED) is 0.468. The summed E-state index contributed by atoms with van der Waals surface area (Å²) in [6.45, 7) is 3.69. The molecule has 0 atom stereocenters. The highest BCUT2D eigenvalue weighted by molar-refractivity contribution is 6.01. The molecule has 0 fully saturated rings. The minimum absolute atomic E-state index is 0.0406. The molecule has 31 heavy (non-hydrogen) atoms. The van der Waals surface area contributed by atoms with Crippen molar-refractivity contribution < 1.29 is 23.9 Å². The van der Waals surface area contributed by atoms with Gasteiger partial charge >= 0.3 is 12.0 Å². The predicted molar refractivity (Wildman–Crippen MR) is 115 cm³/mol. The smallest absolute Gasteiger partial charge is 0.338 e. The average molecular weight is 423 g/mol. The van der Waals surface area contributed by atoms with Gasteiger partial charge in [-0.3, -0.25) is 9.59 Å². The fourth-order valence-electron chi connectivity index (χ4n) is 3.11. The number of anilines is 1. The Balaban J connectivity index is 1.50. The molecule has 3 rings (SSSR count). The van der Waals surface area contributed by atoms with Crippen molar-refractivity contribution in [2.75, 3.05) is 11.9 Å². The van der Waals surface area contributed by atoms with Gasteiger partial charge in [0.1, 0.15) is 0 Å². The summed E-state index contributed by atoms with van der Waals surface area (Å²) in [4.78, 5) is 47.7. The van der Waals surface area contributed by atoms with Gasteiger partial charge in [-0.05, 0) is 61.7 Å². The molecule has 0 radical (unpaired) electrons. The molecule has 0 aliphatic carbocycles. The highest BCUT2D eigenvalue weighted by atomic mass is 16.5. The topological polar surface area (TPSA) is 114 Å². The molecular formula is C23H25N3O5. The molecule has 3 amide bonds. The summed E-state index contributed by atoms with van der Waals surface area (Å²) in [6.07, 6.45) is 0.954. The van der Waals surface area contributed by atoms with E-state index < -0.39 is 5.97 Å². The maximum Gasteiger partial charge on any atom is 0.338 e. The zero-order valence-corrected chi connectivity index (χ0v) is 17.5. The summed E-state index contributed by atoms with van der Waals surface area (Å²) in [7, 11) is 0. The minimum atomic E-state index is -0.601. The van der Waals surface area contributed by atoms with Gasteiger partial charge in [-0.25, -0.2) is 9.59 Å². The molecule has 1 aliphatic rings. The number of nitrogens with one attached hydrogen (secondary N) is 3. The first-order valence-electron chi connectivity index (χ1n) is 10.1. The van der Waals surface area contributed by atoms with Crippen LogP contribution in [0.4, 0.5) is 10.5 Å². The van der Waals surface area contributed by atoms with Crippen molar-refractivity contribution in [3.05, 3.63) is 64.7 Å². The highest BCUT2D eigenvalue weighted by Crippen LogP contribution is 2.23. The first kappa shape index (κ1) is 22.0. The molecule has 8 nitrogen and oxygen atoms in total. The number of carbonyl (C=O) groups excluding carboxylic acids is 4. The number of benzene rings is 2. The van der Waals surface area contributed by atoms with Gasteiger partial charge in [0.05, 0.1) is 5.56 Å². The van der Waals surface area contributed by atoms with Crippen LogP contribution >= 0.6 is 0 Å². The fraction of sp³-hybridized carbons (Fsp3) is 0.304. The Kier molecular flexibility index (Phi) is 7.02. The Morgan fingerprint density at radius 1 is 1.03 bits per heavy atom. The lowest BCUT2D eigenvalue weighted by Gasteiger charge is -2.17. The van der Waals surface area contributed by atoms with Gasteiger partial charge in [-0.1, -0.05) is 12.1 Å². The largest absolute Gasteiger partial charge is 0.454 e. The molecule has 162 valence electrons. The van der Waals surface area contributed by atoms with Crippen LogP contribution in [-0.4, -0.2) is 36.3 Å². The summed E-state index contributed by atoms with van der Waals surface area (Å²) in [5.41, 5.74) is 3.18. The van der Waals surface area contributed by atoms with Crippen molar-refractivity contribution in [1.29, 1.82) is 0 Å². The van der Waals surface area contributed by atoms with E-state index in [1.54, 1.807) is 42.5 Å². The van der Waals surface area contributed by atoms with Gasteiger partial charge in [-0.15, -0.1) is 0 Å². The number of rotatable bonds is 7. The van der Waals surface area contributed by atoms with E-state index in [0.717, 1.165) is 11.1 Å². The zero-order chi connectivity index (χ0) is 22.4. The van der Waals surface area contributed by atoms with Crippen LogP contribution in [0.1, 0.15) is 52.1 Å². The third-order valence-corrected chi connectivity index (χ3v) is 4.72. The molecule has 0 spiro atoms. The Bertz CT molecular complexity index is 999. The van der Waals surface area contributed by atoms with Crippen LogP contribution in [0.3, 0.4) is 0 Å². The second-order valence-electron chi connectivity index (χ2n) is 7.60. The van der Waals surface area contributed by atoms with E-state index in [1.807, 2.05) is 13.8 Å². The maximum atomic E-state index is 12.4. The van der Waals surface area contributed by atoms with Gasteiger partial charge in [-0.2, -0.15) is 0 Å². The number of carbonyl (C=O) groups is 4. The molecule has 8 heteroatoms. The number of esters is 1. The van der Waals surface area contributed by atoms with Crippen molar-refractivity contribution in [2.24, 2.45) is 0 Å². The van der Waals surface area contributed by atoms with Crippen molar-refractivity contribution in [3.8, 4) is 0 Å². The summed E-state index contributed by atoms with van der Waals surface area (Å²) in [5.74, 6) is -0.957. The standard InChI is InChI=1S/C23H25N3O5/c1-14(2)25-23(30)24-12-15-3-5-16(6-4-15)22(29)31-13-20(27)18-7-9-19-17(11-18)8-10-21(28)26-19/h3-7,9,11,14H,8,10,12-13H2,1-2H3,(H,26,28)(H2,24,25,30). The Labute approximate surface area is 180 Å². The van der Waals surface area contributed by atoms with Crippen LogP contribution in [0, 0.1) is 0 Å². The predicted octanol–water partition coefficient (Wildman–Crippen LogP) is 2.82. The van der Waals surface area contributed by atoms with E-state index in [1.165, 1.54) is 0 Å². The minimum Gasteiger partial charge on any atom is -0.454 e. The Hall–Kier alpha value is -3.68. The molecule has 2 aromatic carbocycles. The lowest BCUT2D eigenvalue weighted by molar-refractivity contribution is -0.116. The van der Waals surface area contributed by atoms with E-state index in [2.05, 4.69) is 16.0 Å². The van der Waals surface area contributed by atoms with Crippen LogP contribution in [-0.2, 0) is 22.5 Å². The summed E-state index contributed by atoms with van der Waals surface area (Å²) in [5, 5.41) is 8.22. The molecule has 0 bridgehead atoms. The molecule has 0 unspecified atom stereocenters. The summed E-state index contributed by atoms with van der Waals surface area (Å²) >= 11 is 0. The average Bonchev–Trinajstić information content (AvgIpc) is 2.75. The van der Waals surface area contributed by atoms with Crippen LogP contribution in [0.15, 0.2) is 42.5 Å². The number of ketones is 1. The van der Waals surface area contributed by atoms with E-state index in [-0.39, 0.29) is 30.4 Å².